The van der Waals surface area contributed by atoms with Gasteiger partial charge in [0.1, 0.15) is 0 Å². The molecular weight excluding hydrogens is 308 g/mol. The standard InChI is InChI=1S/C18H28N2O2S/c21-15-8-6-14(7-9-15)16(13-4-2-1-3-5-13)12-17(22)20-18-19-10-11-23-18/h10-11,13-16,21H,1-9,12H2,(H,19,20,22). The minimum Gasteiger partial charge on any atom is -0.393 e. The molecule has 0 radical (unpaired) electrons. The molecule has 1 heterocycles. The molecule has 4 nitrogen and oxygen atoms in total. The lowest BCUT2D eigenvalue weighted by Crippen LogP contribution is -2.33. The number of hydrogen-bond donors (Lipinski definition) is 2. The molecule has 5 heteroatoms. The summed E-state index contributed by atoms with van der Waals surface area (Å²) in [6.07, 6.45) is 12.7. The van der Waals surface area contributed by atoms with E-state index in [2.05, 4.69) is 10.3 Å². The number of aromatic nitrogens is 1. The molecule has 1 atom stereocenters. The second kappa shape index (κ2) is 8.25. The molecule has 1 aromatic rings. The maximum atomic E-state index is 12.5. The molecule has 0 aliphatic heterocycles. The first-order chi connectivity index (χ1) is 11.2. The molecule has 23 heavy (non-hydrogen) atoms. The van der Waals surface area contributed by atoms with Gasteiger partial charge in [-0.2, -0.15) is 0 Å². The molecule has 0 aromatic carbocycles. The average molecular weight is 337 g/mol. The van der Waals surface area contributed by atoms with Crippen molar-refractivity contribution in [3.8, 4) is 0 Å². The van der Waals surface area contributed by atoms with Crippen LogP contribution in [-0.2, 0) is 4.79 Å². The van der Waals surface area contributed by atoms with Gasteiger partial charge in [0.15, 0.2) is 5.13 Å². The van der Waals surface area contributed by atoms with E-state index in [-0.39, 0.29) is 12.0 Å². The monoisotopic (exact) mass is 336 g/mol. The van der Waals surface area contributed by atoms with Gasteiger partial charge in [0, 0.05) is 18.0 Å². The second-order valence-corrected chi connectivity index (χ2v) is 8.11. The summed E-state index contributed by atoms with van der Waals surface area (Å²) in [6, 6.07) is 0. The van der Waals surface area contributed by atoms with Gasteiger partial charge in [0.25, 0.3) is 0 Å². The Bertz CT molecular complexity index is 477. The number of thiazole rings is 1. The number of amides is 1. The second-order valence-electron chi connectivity index (χ2n) is 7.22. The molecule has 0 spiro atoms. The van der Waals surface area contributed by atoms with Crippen LogP contribution in [0, 0.1) is 17.8 Å². The van der Waals surface area contributed by atoms with Gasteiger partial charge >= 0.3 is 0 Å². The lowest BCUT2D eigenvalue weighted by atomic mass is 9.68. The van der Waals surface area contributed by atoms with Crippen molar-refractivity contribution >= 4 is 22.4 Å². The zero-order valence-corrected chi connectivity index (χ0v) is 14.6. The Morgan fingerprint density at radius 2 is 1.87 bits per heavy atom. The van der Waals surface area contributed by atoms with Crippen LogP contribution in [0.1, 0.15) is 64.2 Å². The van der Waals surface area contributed by atoms with Gasteiger partial charge in [-0.05, 0) is 43.4 Å². The van der Waals surface area contributed by atoms with Crippen molar-refractivity contribution in [1.82, 2.24) is 4.98 Å². The van der Waals surface area contributed by atoms with Gasteiger partial charge in [-0.25, -0.2) is 4.98 Å². The Kier molecular flexibility index (Phi) is 6.06. The fraction of sp³-hybridized carbons (Fsp3) is 0.778. The molecule has 2 aliphatic rings. The van der Waals surface area contributed by atoms with E-state index in [0.29, 0.717) is 29.3 Å². The highest BCUT2D eigenvalue weighted by molar-refractivity contribution is 7.13. The molecule has 1 unspecified atom stereocenters. The summed E-state index contributed by atoms with van der Waals surface area (Å²) in [5.74, 6) is 1.87. The maximum Gasteiger partial charge on any atom is 0.226 e. The first-order valence-electron chi connectivity index (χ1n) is 9.10. The number of carbonyl (C=O) groups is 1. The third kappa shape index (κ3) is 4.77. The van der Waals surface area contributed by atoms with Crippen molar-refractivity contribution in [3.05, 3.63) is 11.6 Å². The lowest BCUT2D eigenvalue weighted by Gasteiger charge is -2.38. The van der Waals surface area contributed by atoms with E-state index < -0.39 is 0 Å². The highest BCUT2D eigenvalue weighted by Crippen LogP contribution is 2.41. The molecule has 2 N–H and O–H groups in total. The van der Waals surface area contributed by atoms with Gasteiger partial charge in [-0.1, -0.05) is 32.1 Å². The first kappa shape index (κ1) is 16.9. The van der Waals surface area contributed by atoms with Crippen LogP contribution >= 0.6 is 11.3 Å². The molecule has 2 aliphatic carbocycles. The van der Waals surface area contributed by atoms with E-state index >= 15 is 0 Å². The Hall–Kier alpha value is -0.940. The lowest BCUT2D eigenvalue weighted by molar-refractivity contribution is -0.118. The Balaban J connectivity index is 1.62. The number of nitrogens with one attached hydrogen (secondary N) is 1. The topological polar surface area (TPSA) is 62.2 Å². The summed E-state index contributed by atoms with van der Waals surface area (Å²) < 4.78 is 0. The quantitative estimate of drug-likeness (QED) is 0.846. The Morgan fingerprint density at radius 3 is 2.52 bits per heavy atom. The molecule has 1 aromatic heterocycles. The number of aliphatic hydroxyl groups is 1. The highest BCUT2D eigenvalue weighted by atomic mass is 32.1. The van der Waals surface area contributed by atoms with E-state index in [1.165, 1.54) is 43.4 Å². The molecular formula is C18H28N2O2S. The zero-order chi connectivity index (χ0) is 16.1. The smallest absolute Gasteiger partial charge is 0.226 e. The van der Waals surface area contributed by atoms with Crippen molar-refractivity contribution in [2.45, 2.75) is 70.3 Å². The molecule has 128 valence electrons. The van der Waals surface area contributed by atoms with E-state index in [1.807, 2.05) is 5.38 Å². The van der Waals surface area contributed by atoms with Crippen molar-refractivity contribution in [1.29, 1.82) is 0 Å². The van der Waals surface area contributed by atoms with E-state index in [4.69, 9.17) is 0 Å². The fourth-order valence-electron chi connectivity index (χ4n) is 4.48. The molecule has 2 fully saturated rings. The number of anilines is 1. The zero-order valence-electron chi connectivity index (χ0n) is 13.7. The average Bonchev–Trinajstić information content (AvgIpc) is 3.07. The normalized spacial score (nSPS) is 27.5. The van der Waals surface area contributed by atoms with Crippen LogP contribution in [0.5, 0.6) is 0 Å². The van der Waals surface area contributed by atoms with Crippen LogP contribution in [0.3, 0.4) is 0 Å². The molecule has 0 saturated heterocycles. The van der Waals surface area contributed by atoms with E-state index in [1.54, 1.807) is 6.20 Å². The third-order valence-corrected chi connectivity index (χ3v) is 6.39. The van der Waals surface area contributed by atoms with Crippen molar-refractivity contribution < 1.29 is 9.90 Å². The van der Waals surface area contributed by atoms with E-state index in [9.17, 15) is 9.90 Å². The number of nitrogens with zero attached hydrogens (tertiary/aromatic N) is 1. The summed E-state index contributed by atoms with van der Waals surface area (Å²) in [5.41, 5.74) is 0. The van der Waals surface area contributed by atoms with Crippen LogP contribution in [-0.4, -0.2) is 22.1 Å². The molecule has 1 amide bonds. The minimum absolute atomic E-state index is 0.113. The largest absolute Gasteiger partial charge is 0.393 e. The van der Waals surface area contributed by atoms with Crippen molar-refractivity contribution in [2.24, 2.45) is 17.8 Å². The third-order valence-electron chi connectivity index (χ3n) is 5.70. The van der Waals surface area contributed by atoms with Crippen LogP contribution < -0.4 is 5.32 Å². The molecule has 0 bridgehead atoms. The van der Waals surface area contributed by atoms with Gasteiger partial charge in [-0.15, -0.1) is 11.3 Å². The number of aliphatic hydroxyl groups excluding tert-OH is 1. The van der Waals surface area contributed by atoms with Gasteiger partial charge < -0.3 is 10.4 Å². The predicted molar refractivity (Wildman–Crippen MR) is 93.4 cm³/mol. The van der Waals surface area contributed by atoms with Crippen molar-refractivity contribution in [2.75, 3.05) is 5.32 Å². The van der Waals surface area contributed by atoms with Gasteiger partial charge in [0.05, 0.1) is 6.10 Å². The Labute approximate surface area is 142 Å². The van der Waals surface area contributed by atoms with Crippen LogP contribution in [0.15, 0.2) is 11.6 Å². The highest BCUT2D eigenvalue weighted by Gasteiger charge is 2.34. The molecule has 3 rings (SSSR count). The number of hydrogen-bond acceptors (Lipinski definition) is 4. The van der Waals surface area contributed by atoms with Gasteiger partial charge in [-0.3, -0.25) is 4.79 Å². The number of carbonyl (C=O) groups excluding carboxylic acids is 1. The summed E-state index contributed by atoms with van der Waals surface area (Å²) in [4.78, 5) is 16.6. The maximum absolute atomic E-state index is 12.5. The van der Waals surface area contributed by atoms with Gasteiger partial charge in [0.2, 0.25) is 5.91 Å². The summed E-state index contributed by atoms with van der Waals surface area (Å²) in [5, 5.41) is 15.3. The summed E-state index contributed by atoms with van der Waals surface area (Å²) in [6.45, 7) is 0. The Morgan fingerprint density at radius 1 is 1.17 bits per heavy atom. The minimum atomic E-state index is -0.123. The summed E-state index contributed by atoms with van der Waals surface area (Å²) >= 11 is 1.47. The number of rotatable bonds is 5. The van der Waals surface area contributed by atoms with E-state index in [0.717, 1.165) is 25.7 Å². The summed E-state index contributed by atoms with van der Waals surface area (Å²) in [7, 11) is 0. The van der Waals surface area contributed by atoms with Crippen LogP contribution in [0.25, 0.3) is 0 Å². The predicted octanol–water partition coefficient (Wildman–Crippen LogP) is 4.22. The fourth-order valence-corrected chi connectivity index (χ4v) is 5.02. The molecule has 2 saturated carbocycles. The first-order valence-corrected chi connectivity index (χ1v) is 9.97. The SMILES string of the molecule is O=C(CC(C1CCCCC1)C1CCC(O)CC1)Nc1nccs1. The van der Waals surface area contributed by atoms with Crippen LogP contribution in [0.2, 0.25) is 0 Å². The van der Waals surface area contributed by atoms with Crippen LogP contribution in [0.4, 0.5) is 5.13 Å². The van der Waals surface area contributed by atoms with Crippen molar-refractivity contribution in [3.63, 3.8) is 0 Å².